The van der Waals surface area contributed by atoms with Crippen molar-refractivity contribution in [3.8, 4) is 5.75 Å². The third-order valence-corrected chi connectivity index (χ3v) is 5.32. The molecular formula is C27H42N6O4. The van der Waals surface area contributed by atoms with Crippen molar-refractivity contribution in [1.82, 2.24) is 10.2 Å². The molecule has 0 saturated heterocycles. The number of ether oxygens (including phenoxy) is 1. The summed E-state index contributed by atoms with van der Waals surface area (Å²) in [5, 5.41) is 5.47. The Morgan fingerprint density at radius 3 is 2.30 bits per heavy atom. The minimum Gasteiger partial charge on any atom is -0.494 e. The van der Waals surface area contributed by atoms with Crippen LogP contribution in [0.15, 0.2) is 54.6 Å². The van der Waals surface area contributed by atoms with Gasteiger partial charge in [-0.3, -0.25) is 9.59 Å². The summed E-state index contributed by atoms with van der Waals surface area (Å²) in [4.78, 5) is 37.8. The Bertz CT molecular complexity index is 922. The predicted octanol–water partition coefficient (Wildman–Crippen LogP) is 0.893. The number of likely N-dealkylation sites (N-methyl/N-ethyl adjacent to an activating group) is 1. The Morgan fingerprint density at radius 1 is 1.03 bits per heavy atom. The summed E-state index contributed by atoms with van der Waals surface area (Å²) in [5.41, 5.74) is 17.9. The molecule has 204 valence electrons. The lowest BCUT2D eigenvalue weighted by atomic mass is 10.0. The molecule has 0 aliphatic heterocycles. The minimum absolute atomic E-state index is 0.102. The Hall–Kier alpha value is -3.31. The fraction of sp³-hybridized carbons (Fsp3) is 0.444. The van der Waals surface area contributed by atoms with Crippen LogP contribution in [-0.4, -0.2) is 74.9 Å². The molecular weight excluding hydrogens is 472 g/mol. The van der Waals surface area contributed by atoms with Crippen LogP contribution in [0.3, 0.4) is 0 Å². The van der Waals surface area contributed by atoms with Crippen molar-refractivity contribution >= 4 is 23.8 Å². The number of nitrogens with two attached hydrogens (primary N) is 3. The van der Waals surface area contributed by atoms with Crippen LogP contribution in [0.4, 0.5) is 5.69 Å². The van der Waals surface area contributed by atoms with E-state index in [-0.39, 0.29) is 12.3 Å². The van der Waals surface area contributed by atoms with Gasteiger partial charge in [0.2, 0.25) is 11.8 Å². The van der Waals surface area contributed by atoms with Crippen LogP contribution in [0.2, 0.25) is 0 Å². The highest BCUT2D eigenvalue weighted by Crippen LogP contribution is 2.18. The van der Waals surface area contributed by atoms with Crippen molar-refractivity contribution in [1.29, 1.82) is 0 Å². The first-order valence-corrected chi connectivity index (χ1v) is 12.5. The standard InChI is InChI=1S/C22H27N3O4.C5H15N3/c1-2-29-18-10-6-9-17(15-18)24-22(28)20(25-21(27)19(23)13-14-26)12-11-16-7-4-3-5-8-16;1-8(4-2-6)5-3-7/h3-10,14-15,19-20H,2,11-13,23H2,1H3,(H,24,28)(H,25,27);2-7H2,1H3. The van der Waals surface area contributed by atoms with Gasteiger partial charge in [-0.1, -0.05) is 36.4 Å². The van der Waals surface area contributed by atoms with E-state index < -0.39 is 18.0 Å². The van der Waals surface area contributed by atoms with E-state index in [1.165, 1.54) is 0 Å². The second kappa shape index (κ2) is 18.9. The van der Waals surface area contributed by atoms with Gasteiger partial charge in [-0.25, -0.2) is 0 Å². The molecule has 0 aromatic heterocycles. The summed E-state index contributed by atoms with van der Waals surface area (Å²) in [5.74, 6) is -0.252. The average molecular weight is 515 g/mol. The first kappa shape index (κ1) is 31.7. The number of nitrogens with one attached hydrogen (secondary N) is 2. The first-order valence-electron chi connectivity index (χ1n) is 12.5. The zero-order chi connectivity index (χ0) is 27.5. The number of hydrogen-bond acceptors (Lipinski definition) is 8. The molecule has 0 bridgehead atoms. The van der Waals surface area contributed by atoms with Gasteiger partial charge in [0.25, 0.3) is 0 Å². The Labute approximate surface area is 219 Å². The molecule has 0 fully saturated rings. The molecule has 37 heavy (non-hydrogen) atoms. The zero-order valence-electron chi connectivity index (χ0n) is 21.9. The molecule has 10 nitrogen and oxygen atoms in total. The number of hydrogen-bond donors (Lipinski definition) is 5. The number of benzene rings is 2. The van der Waals surface area contributed by atoms with Crippen molar-refractivity contribution < 1.29 is 19.1 Å². The van der Waals surface area contributed by atoms with Crippen LogP contribution in [0.5, 0.6) is 5.75 Å². The van der Waals surface area contributed by atoms with Crippen LogP contribution in [0.25, 0.3) is 0 Å². The molecule has 8 N–H and O–H groups in total. The molecule has 0 spiro atoms. The van der Waals surface area contributed by atoms with Gasteiger partial charge in [0.15, 0.2) is 0 Å². The lowest BCUT2D eigenvalue weighted by Crippen LogP contribution is -2.50. The Morgan fingerprint density at radius 2 is 1.70 bits per heavy atom. The van der Waals surface area contributed by atoms with Crippen LogP contribution in [0, 0.1) is 0 Å². The molecule has 0 saturated carbocycles. The van der Waals surface area contributed by atoms with Gasteiger partial charge in [0.05, 0.1) is 12.6 Å². The zero-order valence-corrected chi connectivity index (χ0v) is 21.9. The van der Waals surface area contributed by atoms with E-state index >= 15 is 0 Å². The molecule has 2 unspecified atom stereocenters. The second-order valence-electron chi connectivity index (χ2n) is 8.43. The van der Waals surface area contributed by atoms with Gasteiger partial charge in [-0.15, -0.1) is 0 Å². The summed E-state index contributed by atoms with van der Waals surface area (Å²) in [6, 6.07) is 14.9. The van der Waals surface area contributed by atoms with Crippen molar-refractivity contribution in [2.75, 3.05) is 45.2 Å². The van der Waals surface area contributed by atoms with Gasteiger partial charge < -0.3 is 42.3 Å². The fourth-order valence-electron chi connectivity index (χ4n) is 3.33. The maximum Gasteiger partial charge on any atom is 0.246 e. The smallest absolute Gasteiger partial charge is 0.246 e. The SMILES string of the molecule is CCOc1cccc(NC(=O)C(CCc2ccccc2)NC(=O)C(N)CC=O)c1.CN(CCN)CCN. The highest BCUT2D eigenvalue weighted by molar-refractivity contribution is 5.98. The maximum absolute atomic E-state index is 12.8. The average Bonchev–Trinajstić information content (AvgIpc) is 2.88. The predicted molar refractivity (Wildman–Crippen MR) is 147 cm³/mol. The van der Waals surface area contributed by atoms with Crippen LogP contribution >= 0.6 is 0 Å². The van der Waals surface area contributed by atoms with Crippen LogP contribution in [-0.2, 0) is 20.8 Å². The van der Waals surface area contributed by atoms with Crippen molar-refractivity contribution in [3.05, 3.63) is 60.2 Å². The van der Waals surface area contributed by atoms with E-state index in [1.807, 2.05) is 44.3 Å². The van der Waals surface area contributed by atoms with Gasteiger partial charge in [-0.05, 0) is 44.5 Å². The lowest BCUT2D eigenvalue weighted by molar-refractivity contribution is -0.128. The number of carbonyl (C=O) groups excluding carboxylic acids is 3. The topological polar surface area (TPSA) is 166 Å². The summed E-state index contributed by atoms with van der Waals surface area (Å²) in [6.07, 6.45) is 1.47. The highest BCUT2D eigenvalue weighted by Gasteiger charge is 2.24. The van der Waals surface area contributed by atoms with Gasteiger partial charge in [0, 0.05) is 44.4 Å². The molecule has 2 amide bonds. The summed E-state index contributed by atoms with van der Waals surface area (Å²) < 4.78 is 5.45. The molecule has 10 heteroatoms. The molecule has 0 aliphatic carbocycles. The number of aryl methyl sites for hydroxylation is 1. The fourth-order valence-corrected chi connectivity index (χ4v) is 3.33. The van der Waals surface area contributed by atoms with Crippen molar-refractivity contribution in [2.24, 2.45) is 17.2 Å². The quantitative estimate of drug-likeness (QED) is 0.219. The summed E-state index contributed by atoms with van der Waals surface area (Å²) in [6.45, 7) is 5.71. The number of anilines is 1. The minimum atomic E-state index is -0.985. The van der Waals surface area contributed by atoms with E-state index in [2.05, 4.69) is 15.5 Å². The highest BCUT2D eigenvalue weighted by atomic mass is 16.5. The molecule has 2 atom stereocenters. The molecule has 2 aromatic rings. The Kier molecular flexibility index (Phi) is 16.2. The monoisotopic (exact) mass is 514 g/mol. The Balaban J connectivity index is 0.000000738. The normalized spacial score (nSPS) is 12.1. The van der Waals surface area contributed by atoms with Crippen molar-refractivity contribution in [2.45, 2.75) is 38.3 Å². The molecule has 0 aliphatic rings. The van der Waals surface area contributed by atoms with Gasteiger partial charge in [-0.2, -0.15) is 0 Å². The maximum atomic E-state index is 12.8. The van der Waals surface area contributed by atoms with E-state index in [0.717, 1.165) is 31.7 Å². The number of amides is 2. The third-order valence-electron chi connectivity index (χ3n) is 5.32. The van der Waals surface area contributed by atoms with E-state index in [4.69, 9.17) is 21.9 Å². The molecule has 0 heterocycles. The lowest BCUT2D eigenvalue weighted by Gasteiger charge is -2.20. The molecule has 0 radical (unpaired) electrons. The van der Waals surface area contributed by atoms with E-state index in [1.54, 1.807) is 24.3 Å². The van der Waals surface area contributed by atoms with E-state index in [0.29, 0.717) is 37.2 Å². The summed E-state index contributed by atoms with van der Waals surface area (Å²) in [7, 11) is 2.01. The second-order valence-corrected chi connectivity index (χ2v) is 8.43. The summed E-state index contributed by atoms with van der Waals surface area (Å²) >= 11 is 0. The van der Waals surface area contributed by atoms with Gasteiger partial charge >= 0.3 is 0 Å². The largest absolute Gasteiger partial charge is 0.494 e. The third kappa shape index (κ3) is 13.5. The van der Waals surface area contributed by atoms with Crippen LogP contribution in [0.1, 0.15) is 25.3 Å². The number of rotatable bonds is 15. The van der Waals surface area contributed by atoms with E-state index in [9.17, 15) is 14.4 Å². The van der Waals surface area contributed by atoms with Crippen LogP contribution < -0.4 is 32.6 Å². The van der Waals surface area contributed by atoms with Crippen molar-refractivity contribution in [3.63, 3.8) is 0 Å². The number of aldehydes is 1. The molecule has 2 aromatic carbocycles. The molecule has 2 rings (SSSR count). The first-order chi connectivity index (χ1) is 17.8. The number of carbonyl (C=O) groups is 3. The van der Waals surface area contributed by atoms with Gasteiger partial charge in [0.1, 0.15) is 18.1 Å². The number of nitrogens with zero attached hydrogens (tertiary/aromatic N) is 1.